The zero-order valence-corrected chi connectivity index (χ0v) is 23.4. The van der Waals surface area contributed by atoms with Crippen LogP contribution in [0.25, 0.3) is 32.9 Å². The topological polar surface area (TPSA) is 112 Å². The maximum absolute atomic E-state index is 12.9. The SMILES string of the molecule is CCOC(=O)c1ncc(-c2cccc(NC(=O)OCc3ccccc3)c2C)c2c1[nH]c1cc(OC3CCOC3)ccc12. The van der Waals surface area contributed by atoms with Crippen molar-refractivity contribution in [3.8, 4) is 16.9 Å². The zero-order valence-electron chi connectivity index (χ0n) is 23.4. The Kier molecular flexibility index (Phi) is 7.74. The average Bonchev–Trinajstić information content (AvgIpc) is 3.65. The molecule has 1 aliphatic rings. The van der Waals surface area contributed by atoms with Crippen molar-refractivity contribution in [3.63, 3.8) is 0 Å². The fraction of sp³-hybridized carbons (Fsp3) is 0.242. The quantitative estimate of drug-likeness (QED) is 0.199. The van der Waals surface area contributed by atoms with Gasteiger partial charge in [-0.2, -0.15) is 0 Å². The van der Waals surface area contributed by atoms with E-state index in [2.05, 4.69) is 15.3 Å². The fourth-order valence-electron chi connectivity index (χ4n) is 5.25. The van der Waals surface area contributed by atoms with Crippen LogP contribution in [0.3, 0.4) is 0 Å². The molecule has 1 atom stereocenters. The highest BCUT2D eigenvalue weighted by atomic mass is 16.6. The standard InChI is InChI=1S/C33H31N3O6/c1-3-40-32(37)31-30-29(25-13-12-22(16-28(25)35-30)42-23-14-15-39-19-23)26(17-34-31)24-10-7-11-27(20(24)2)36-33(38)41-18-21-8-5-4-6-9-21/h4-13,16-17,23,35H,3,14-15,18-19H2,1-2H3,(H,36,38). The van der Waals surface area contributed by atoms with Crippen LogP contribution in [-0.4, -0.2) is 48.0 Å². The van der Waals surface area contributed by atoms with E-state index in [1.165, 1.54) is 0 Å². The number of pyridine rings is 1. The minimum Gasteiger partial charge on any atom is -0.488 e. The average molecular weight is 566 g/mol. The number of hydrogen-bond acceptors (Lipinski definition) is 7. The largest absolute Gasteiger partial charge is 0.488 e. The first-order valence-corrected chi connectivity index (χ1v) is 14.0. The number of aromatic amines is 1. The maximum atomic E-state index is 12.9. The van der Waals surface area contributed by atoms with Crippen LogP contribution in [0.15, 0.2) is 72.9 Å². The Morgan fingerprint density at radius 3 is 2.69 bits per heavy atom. The van der Waals surface area contributed by atoms with E-state index in [0.29, 0.717) is 30.2 Å². The van der Waals surface area contributed by atoms with Crippen LogP contribution in [0.2, 0.25) is 0 Å². The summed E-state index contributed by atoms with van der Waals surface area (Å²) in [6.07, 6.45) is 1.99. The van der Waals surface area contributed by atoms with E-state index in [9.17, 15) is 9.59 Å². The number of hydrogen-bond donors (Lipinski definition) is 2. The Bertz CT molecular complexity index is 1760. The predicted molar refractivity (Wildman–Crippen MR) is 160 cm³/mol. The number of ether oxygens (including phenoxy) is 4. The molecule has 9 nitrogen and oxygen atoms in total. The summed E-state index contributed by atoms with van der Waals surface area (Å²) in [5.41, 5.74) is 5.58. The van der Waals surface area contributed by atoms with Gasteiger partial charge in [-0.1, -0.05) is 42.5 Å². The molecule has 0 saturated carbocycles. The molecular formula is C33H31N3O6. The first kappa shape index (κ1) is 27.3. The number of benzene rings is 3. The third kappa shape index (κ3) is 5.51. The minimum atomic E-state index is -0.549. The number of nitrogens with one attached hydrogen (secondary N) is 2. The smallest absolute Gasteiger partial charge is 0.411 e. The molecule has 9 heteroatoms. The molecule has 0 aliphatic carbocycles. The molecule has 3 heterocycles. The van der Waals surface area contributed by atoms with E-state index in [4.69, 9.17) is 18.9 Å². The second kappa shape index (κ2) is 11.9. The Labute approximate surface area is 242 Å². The van der Waals surface area contributed by atoms with Crippen molar-refractivity contribution in [2.24, 2.45) is 0 Å². The molecule has 1 aliphatic heterocycles. The third-order valence-corrected chi connectivity index (χ3v) is 7.33. The summed E-state index contributed by atoms with van der Waals surface area (Å²) in [6.45, 7) is 5.35. The summed E-state index contributed by atoms with van der Waals surface area (Å²) in [4.78, 5) is 33.5. The van der Waals surface area contributed by atoms with Gasteiger partial charge in [0.05, 0.1) is 30.9 Å². The van der Waals surface area contributed by atoms with Gasteiger partial charge in [-0.05, 0) is 48.7 Å². The number of rotatable bonds is 8. The number of carbonyl (C=O) groups is 2. The molecule has 3 aromatic carbocycles. The number of amides is 1. The highest BCUT2D eigenvalue weighted by molar-refractivity contribution is 6.18. The lowest BCUT2D eigenvalue weighted by molar-refractivity contribution is 0.0522. The zero-order chi connectivity index (χ0) is 29.1. The van der Waals surface area contributed by atoms with Crippen LogP contribution < -0.4 is 10.1 Å². The molecule has 6 rings (SSSR count). The Hall–Kier alpha value is -4.89. The van der Waals surface area contributed by atoms with Gasteiger partial charge in [0.1, 0.15) is 18.5 Å². The summed E-state index contributed by atoms with van der Waals surface area (Å²) >= 11 is 0. The van der Waals surface area contributed by atoms with Gasteiger partial charge in [0.2, 0.25) is 0 Å². The van der Waals surface area contributed by atoms with Crippen molar-refractivity contribution in [2.45, 2.75) is 33.0 Å². The van der Waals surface area contributed by atoms with Crippen LogP contribution in [0, 0.1) is 6.92 Å². The van der Waals surface area contributed by atoms with Crippen LogP contribution in [-0.2, 0) is 20.8 Å². The number of anilines is 1. The number of nitrogens with zero attached hydrogens (tertiary/aromatic N) is 1. The van der Waals surface area contributed by atoms with Gasteiger partial charge < -0.3 is 23.9 Å². The maximum Gasteiger partial charge on any atom is 0.411 e. The van der Waals surface area contributed by atoms with Gasteiger partial charge in [0.15, 0.2) is 5.69 Å². The number of carbonyl (C=O) groups excluding carboxylic acids is 2. The first-order chi connectivity index (χ1) is 20.5. The summed E-state index contributed by atoms with van der Waals surface area (Å²) in [6, 6.07) is 21.0. The molecule has 2 aromatic heterocycles. The number of fused-ring (bicyclic) bond motifs is 3. The molecule has 1 fully saturated rings. The fourth-order valence-corrected chi connectivity index (χ4v) is 5.25. The monoisotopic (exact) mass is 565 g/mol. The van der Waals surface area contributed by atoms with E-state index in [0.717, 1.165) is 45.0 Å². The van der Waals surface area contributed by atoms with Gasteiger partial charge in [0.25, 0.3) is 0 Å². The molecule has 0 radical (unpaired) electrons. The van der Waals surface area contributed by atoms with Crippen LogP contribution in [0.1, 0.15) is 35.0 Å². The highest BCUT2D eigenvalue weighted by Crippen LogP contribution is 2.39. The molecule has 214 valence electrons. The summed E-state index contributed by atoms with van der Waals surface area (Å²) in [5, 5.41) is 4.60. The Morgan fingerprint density at radius 2 is 1.90 bits per heavy atom. The van der Waals surface area contributed by atoms with Gasteiger partial charge in [-0.15, -0.1) is 0 Å². The van der Waals surface area contributed by atoms with E-state index < -0.39 is 12.1 Å². The second-order valence-corrected chi connectivity index (χ2v) is 10.1. The lowest BCUT2D eigenvalue weighted by Crippen LogP contribution is -2.15. The van der Waals surface area contributed by atoms with E-state index in [-0.39, 0.29) is 25.0 Å². The summed E-state index contributed by atoms with van der Waals surface area (Å²) in [5.74, 6) is 0.210. The number of aromatic nitrogens is 2. The van der Waals surface area contributed by atoms with Crippen molar-refractivity contribution in [1.29, 1.82) is 0 Å². The molecule has 0 spiro atoms. The third-order valence-electron chi connectivity index (χ3n) is 7.33. The van der Waals surface area contributed by atoms with Crippen molar-refractivity contribution in [1.82, 2.24) is 9.97 Å². The van der Waals surface area contributed by atoms with Crippen LogP contribution in [0.5, 0.6) is 5.75 Å². The van der Waals surface area contributed by atoms with E-state index in [1.807, 2.05) is 73.7 Å². The van der Waals surface area contributed by atoms with E-state index >= 15 is 0 Å². The summed E-state index contributed by atoms with van der Waals surface area (Å²) < 4.78 is 22.3. The van der Waals surface area contributed by atoms with Gasteiger partial charge in [-0.25, -0.2) is 14.6 Å². The number of esters is 1. The second-order valence-electron chi connectivity index (χ2n) is 10.1. The molecule has 0 bridgehead atoms. The van der Waals surface area contributed by atoms with Crippen molar-refractivity contribution in [3.05, 3.63) is 89.7 Å². The van der Waals surface area contributed by atoms with Crippen molar-refractivity contribution < 1.29 is 28.5 Å². The van der Waals surface area contributed by atoms with Crippen molar-refractivity contribution >= 4 is 39.6 Å². The first-order valence-electron chi connectivity index (χ1n) is 14.0. The molecule has 5 aromatic rings. The number of H-pyrrole nitrogens is 1. The molecular weight excluding hydrogens is 534 g/mol. The van der Waals surface area contributed by atoms with Crippen molar-refractivity contribution in [2.75, 3.05) is 25.1 Å². The lowest BCUT2D eigenvalue weighted by atomic mass is 9.96. The minimum absolute atomic E-state index is 0.0106. The van der Waals surface area contributed by atoms with Gasteiger partial charge >= 0.3 is 12.1 Å². The molecule has 42 heavy (non-hydrogen) atoms. The predicted octanol–water partition coefficient (Wildman–Crippen LogP) is 6.78. The lowest BCUT2D eigenvalue weighted by Gasteiger charge is -2.14. The normalized spacial score (nSPS) is 14.7. The molecule has 1 amide bonds. The van der Waals surface area contributed by atoms with Gasteiger partial charge in [-0.3, -0.25) is 5.32 Å². The van der Waals surface area contributed by atoms with Gasteiger partial charge in [0, 0.05) is 40.7 Å². The molecule has 2 N–H and O–H groups in total. The van der Waals surface area contributed by atoms with Crippen LogP contribution >= 0.6 is 0 Å². The van der Waals surface area contributed by atoms with Crippen LogP contribution in [0.4, 0.5) is 10.5 Å². The highest BCUT2D eigenvalue weighted by Gasteiger charge is 2.23. The summed E-state index contributed by atoms with van der Waals surface area (Å²) in [7, 11) is 0. The molecule has 1 unspecified atom stereocenters. The Morgan fingerprint density at radius 1 is 1.05 bits per heavy atom. The Balaban J connectivity index is 1.38. The molecule has 1 saturated heterocycles. The van der Waals surface area contributed by atoms with E-state index in [1.54, 1.807) is 13.1 Å².